The number of sulfone groups is 1. The number of aromatic nitrogens is 1. The molecule has 200 valence electrons. The third-order valence-corrected chi connectivity index (χ3v) is 8.04. The second-order valence-electron chi connectivity index (χ2n) is 9.47. The number of nitrogens with one attached hydrogen (secondary N) is 2. The molecule has 1 aliphatic rings. The van der Waals surface area contributed by atoms with Gasteiger partial charge < -0.3 is 24.9 Å². The number of hydrogen-bond acceptors (Lipinski definition) is 8. The highest BCUT2D eigenvalue weighted by Gasteiger charge is 2.28. The van der Waals surface area contributed by atoms with Gasteiger partial charge in [-0.2, -0.15) is 0 Å². The monoisotopic (exact) mass is 529 g/mol. The van der Waals surface area contributed by atoms with Crippen LogP contribution in [-0.2, 0) is 25.1 Å². The third kappa shape index (κ3) is 8.36. The maximum absolute atomic E-state index is 13.0. The highest BCUT2D eigenvalue weighted by atomic mass is 32.2. The molecule has 0 aliphatic carbocycles. The van der Waals surface area contributed by atoms with Crippen molar-refractivity contribution in [2.45, 2.75) is 56.0 Å². The van der Waals surface area contributed by atoms with Crippen molar-refractivity contribution in [2.24, 2.45) is 0 Å². The van der Waals surface area contributed by atoms with Crippen LogP contribution in [0.3, 0.4) is 0 Å². The minimum absolute atomic E-state index is 0.0304. The summed E-state index contributed by atoms with van der Waals surface area (Å²) in [5.74, 6) is -0.431. The Bertz CT molecular complexity index is 1210. The van der Waals surface area contributed by atoms with Crippen LogP contribution in [0.4, 0.5) is 0 Å². The highest BCUT2D eigenvalue weighted by Crippen LogP contribution is 2.23. The molecule has 3 aromatic rings. The Labute approximate surface area is 217 Å². The topological polar surface area (TPSA) is 131 Å². The summed E-state index contributed by atoms with van der Waals surface area (Å²) in [6.07, 6.45) is 2.35. The van der Waals surface area contributed by atoms with Gasteiger partial charge in [0.05, 0.1) is 11.5 Å². The maximum Gasteiger partial charge on any atom is 0.238 e. The van der Waals surface area contributed by atoms with Crippen LogP contribution in [0.1, 0.15) is 49.7 Å². The quantitative estimate of drug-likeness (QED) is 0.288. The van der Waals surface area contributed by atoms with Crippen molar-refractivity contribution in [1.82, 2.24) is 15.6 Å². The van der Waals surface area contributed by atoms with Gasteiger partial charge in [0.25, 0.3) is 0 Å². The molecule has 1 saturated heterocycles. The number of aliphatic hydroxyl groups is 1. The Morgan fingerprint density at radius 3 is 2.54 bits per heavy atom. The lowest BCUT2D eigenvalue weighted by Gasteiger charge is -2.28. The predicted molar refractivity (Wildman–Crippen MR) is 141 cm³/mol. The van der Waals surface area contributed by atoms with E-state index in [0.717, 1.165) is 12.8 Å². The van der Waals surface area contributed by atoms with E-state index in [0.29, 0.717) is 55.7 Å². The van der Waals surface area contributed by atoms with Gasteiger partial charge in [0.1, 0.15) is 17.7 Å². The predicted octanol–water partition coefficient (Wildman–Crippen LogP) is 2.90. The molecule has 2 aromatic carbocycles. The molecule has 0 bridgehead atoms. The first kappa shape index (κ1) is 27.3. The maximum atomic E-state index is 13.0. The number of unbranched alkanes of at least 4 members (excludes halogenated alkanes) is 1. The molecule has 1 amide bonds. The lowest BCUT2D eigenvalue weighted by Crippen LogP contribution is -2.53. The Morgan fingerprint density at radius 2 is 1.78 bits per heavy atom. The van der Waals surface area contributed by atoms with Gasteiger partial charge in [-0.15, -0.1) is 0 Å². The first-order chi connectivity index (χ1) is 17.9. The van der Waals surface area contributed by atoms with E-state index in [-0.39, 0.29) is 29.3 Å². The van der Waals surface area contributed by atoms with E-state index in [9.17, 15) is 18.3 Å². The van der Waals surface area contributed by atoms with Crippen LogP contribution in [-0.4, -0.2) is 62.0 Å². The van der Waals surface area contributed by atoms with E-state index in [4.69, 9.17) is 9.15 Å². The summed E-state index contributed by atoms with van der Waals surface area (Å²) in [4.78, 5) is 17.3. The van der Waals surface area contributed by atoms with Crippen molar-refractivity contribution in [1.29, 1.82) is 0 Å². The molecule has 1 aliphatic heterocycles. The van der Waals surface area contributed by atoms with Crippen molar-refractivity contribution in [3.8, 4) is 0 Å². The lowest BCUT2D eigenvalue weighted by atomic mass is 10.1. The van der Waals surface area contributed by atoms with Crippen LogP contribution in [0.15, 0.2) is 59.0 Å². The molecule has 3 N–H and O–H groups in total. The summed E-state index contributed by atoms with van der Waals surface area (Å²) in [7, 11) is -3.52. The van der Waals surface area contributed by atoms with Gasteiger partial charge in [0.2, 0.25) is 11.8 Å². The van der Waals surface area contributed by atoms with Gasteiger partial charge in [-0.05, 0) is 49.8 Å². The molecule has 10 heteroatoms. The number of aliphatic hydroxyl groups excluding tert-OH is 1. The number of benzene rings is 2. The van der Waals surface area contributed by atoms with Crippen LogP contribution >= 0.6 is 0 Å². The summed E-state index contributed by atoms with van der Waals surface area (Å²) in [6, 6.07) is 15.5. The second-order valence-corrected chi connectivity index (χ2v) is 11.6. The normalized spacial score (nSPS) is 16.5. The van der Waals surface area contributed by atoms with Gasteiger partial charge >= 0.3 is 0 Å². The molecule has 0 spiro atoms. The number of amides is 1. The molecule has 0 radical (unpaired) electrons. The van der Waals surface area contributed by atoms with Crippen molar-refractivity contribution < 1.29 is 27.5 Å². The minimum Gasteiger partial charge on any atom is -0.438 e. The number of oxazole rings is 1. The minimum atomic E-state index is -3.52. The smallest absolute Gasteiger partial charge is 0.238 e. The van der Waals surface area contributed by atoms with Gasteiger partial charge in [-0.3, -0.25) is 4.79 Å². The van der Waals surface area contributed by atoms with Gasteiger partial charge in [0.15, 0.2) is 15.4 Å². The fourth-order valence-corrected chi connectivity index (χ4v) is 6.02. The Morgan fingerprint density at radius 1 is 1.05 bits per heavy atom. The highest BCUT2D eigenvalue weighted by molar-refractivity contribution is 7.90. The average molecular weight is 530 g/mol. The second kappa shape index (κ2) is 13.1. The molecule has 9 nitrogen and oxygen atoms in total. The number of hydrogen-bond donors (Lipinski definition) is 3. The first-order valence-corrected chi connectivity index (χ1v) is 14.6. The molecule has 1 fully saturated rings. The molecular formula is C27H35N3O6S. The zero-order valence-electron chi connectivity index (χ0n) is 20.8. The van der Waals surface area contributed by atoms with E-state index in [2.05, 4.69) is 15.6 Å². The zero-order chi connectivity index (χ0) is 26.1. The average Bonchev–Trinajstić information content (AvgIpc) is 3.33. The van der Waals surface area contributed by atoms with E-state index >= 15 is 0 Å². The van der Waals surface area contributed by atoms with Crippen LogP contribution < -0.4 is 10.6 Å². The number of nitrogens with zero attached hydrogens (tertiary/aromatic N) is 1. The Balaban J connectivity index is 1.27. The van der Waals surface area contributed by atoms with Crippen LogP contribution in [0.2, 0.25) is 0 Å². The Hall–Kier alpha value is -2.79. The molecule has 2 atom stereocenters. The zero-order valence-corrected chi connectivity index (χ0v) is 21.7. The van der Waals surface area contributed by atoms with E-state index in [1.807, 2.05) is 24.3 Å². The van der Waals surface area contributed by atoms with Crippen molar-refractivity contribution in [3.63, 3.8) is 0 Å². The summed E-state index contributed by atoms with van der Waals surface area (Å²) in [6.45, 7) is 1.56. The number of fused-ring (bicyclic) bond motifs is 1. The third-order valence-electron chi connectivity index (χ3n) is 6.42. The van der Waals surface area contributed by atoms with Gasteiger partial charge in [-0.25, -0.2) is 13.4 Å². The van der Waals surface area contributed by atoms with Gasteiger partial charge in [0, 0.05) is 25.8 Å². The molecule has 37 heavy (non-hydrogen) atoms. The molecular weight excluding hydrogens is 494 g/mol. The first-order valence-electron chi connectivity index (χ1n) is 12.8. The SMILES string of the molecule is O=C(NCCCCC(O)c1nc2ccccc2o1)[C@H](CS(=O)(=O)Cc1ccccc1)NC1CCOCC1. The summed E-state index contributed by atoms with van der Waals surface area (Å²) < 4.78 is 36.8. The van der Waals surface area contributed by atoms with Crippen molar-refractivity contribution in [3.05, 3.63) is 66.1 Å². The lowest BCUT2D eigenvalue weighted by molar-refractivity contribution is -0.123. The molecule has 1 unspecified atom stereocenters. The van der Waals surface area contributed by atoms with Crippen LogP contribution in [0.25, 0.3) is 11.1 Å². The number of carbonyl (C=O) groups excluding carboxylic acids is 1. The summed E-state index contributed by atoms with van der Waals surface area (Å²) >= 11 is 0. The number of ether oxygens (including phenoxy) is 1. The summed E-state index contributed by atoms with van der Waals surface area (Å²) in [5.41, 5.74) is 2.04. The fourth-order valence-electron chi connectivity index (χ4n) is 4.44. The summed E-state index contributed by atoms with van der Waals surface area (Å²) in [5, 5.41) is 16.6. The number of carbonyl (C=O) groups is 1. The van der Waals surface area contributed by atoms with Crippen molar-refractivity contribution >= 4 is 26.8 Å². The fraction of sp³-hybridized carbons (Fsp3) is 0.481. The molecule has 4 rings (SSSR count). The number of para-hydroxylation sites is 2. The Kier molecular flexibility index (Phi) is 9.68. The van der Waals surface area contributed by atoms with E-state index < -0.39 is 22.0 Å². The molecule has 0 saturated carbocycles. The van der Waals surface area contributed by atoms with Crippen LogP contribution in [0, 0.1) is 0 Å². The van der Waals surface area contributed by atoms with E-state index in [1.54, 1.807) is 30.3 Å². The largest absolute Gasteiger partial charge is 0.438 e. The van der Waals surface area contributed by atoms with Crippen molar-refractivity contribution in [2.75, 3.05) is 25.5 Å². The number of rotatable bonds is 13. The standard InChI is InChI=1S/C27H35N3O6S/c31-24(27-30-22-10-4-5-12-25(22)36-27)11-6-7-15-28-26(32)23(29-21-13-16-35-17-14-21)19-37(33,34)18-20-8-2-1-3-9-20/h1-5,8-10,12,21,23-24,29,31H,6-7,11,13-19H2,(H,28,32)/t23-,24?/m0/s1. The van der Waals surface area contributed by atoms with Crippen LogP contribution in [0.5, 0.6) is 0 Å². The molecule has 1 aromatic heterocycles. The van der Waals surface area contributed by atoms with E-state index in [1.165, 1.54) is 0 Å². The molecule has 2 heterocycles. The van der Waals surface area contributed by atoms with Gasteiger partial charge in [-0.1, -0.05) is 42.5 Å².